The van der Waals surface area contributed by atoms with Gasteiger partial charge in [0.05, 0.1) is 5.69 Å². The summed E-state index contributed by atoms with van der Waals surface area (Å²) in [6, 6.07) is 9.75. The van der Waals surface area contributed by atoms with Crippen molar-refractivity contribution in [2.75, 3.05) is 0 Å². The highest BCUT2D eigenvalue weighted by Gasteiger charge is 2.53. The van der Waals surface area contributed by atoms with Gasteiger partial charge in [-0.25, -0.2) is 4.98 Å². The number of nitrogens with zero attached hydrogens (tertiary/aromatic N) is 1. The Kier molecular flexibility index (Phi) is 3.18. The third-order valence-electron chi connectivity index (χ3n) is 7.15. The smallest absolute Gasteiger partial charge is 0.141 e. The van der Waals surface area contributed by atoms with Crippen LogP contribution in [-0.2, 0) is 6.54 Å². The zero-order chi connectivity index (χ0) is 16.3. The Hall–Kier alpha value is -1.61. The molecule has 0 aliphatic heterocycles. The molecular formula is C21H26N2O. The molecule has 126 valence electrons. The normalized spacial score (nSPS) is 37.2. The topological polar surface area (TPSA) is 45.1 Å². The first-order valence-electron chi connectivity index (χ1n) is 9.45. The minimum Gasteiger partial charge on any atom is -0.506 e. The lowest BCUT2D eigenvalue weighted by molar-refractivity contribution is -0.0606. The average Bonchev–Trinajstić information content (AvgIpc) is 2.58. The second kappa shape index (κ2) is 5.19. The summed E-state index contributed by atoms with van der Waals surface area (Å²) in [5.74, 6) is 4.00. The fourth-order valence-corrected chi connectivity index (χ4v) is 6.04. The van der Waals surface area contributed by atoms with Crippen molar-refractivity contribution in [3.8, 4) is 5.75 Å². The summed E-state index contributed by atoms with van der Waals surface area (Å²) in [5.41, 5.74) is 2.10. The van der Waals surface area contributed by atoms with Gasteiger partial charge in [0.2, 0.25) is 0 Å². The fourth-order valence-electron chi connectivity index (χ4n) is 6.04. The zero-order valence-electron chi connectivity index (χ0n) is 14.3. The van der Waals surface area contributed by atoms with Crippen molar-refractivity contribution in [2.45, 2.75) is 51.1 Å². The maximum atomic E-state index is 10.0. The van der Waals surface area contributed by atoms with Crippen LogP contribution < -0.4 is 5.32 Å². The van der Waals surface area contributed by atoms with Gasteiger partial charge < -0.3 is 10.4 Å². The van der Waals surface area contributed by atoms with Crippen LogP contribution in [0.1, 0.15) is 44.7 Å². The lowest BCUT2D eigenvalue weighted by Gasteiger charge is -2.60. The van der Waals surface area contributed by atoms with Crippen LogP contribution in [0.5, 0.6) is 5.75 Å². The van der Waals surface area contributed by atoms with E-state index in [2.05, 4.69) is 24.4 Å². The third kappa shape index (κ3) is 2.25. The van der Waals surface area contributed by atoms with Gasteiger partial charge in [-0.1, -0.05) is 25.1 Å². The van der Waals surface area contributed by atoms with Gasteiger partial charge in [-0.2, -0.15) is 0 Å². The van der Waals surface area contributed by atoms with E-state index in [4.69, 9.17) is 4.98 Å². The van der Waals surface area contributed by atoms with Gasteiger partial charge in [0.15, 0.2) is 0 Å². The van der Waals surface area contributed by atoms with Crippen molar-refractivity contribution < 1.29 is 5.11 Å². The van der Waals surface area contributed by atoms with Gasteiger partial charge >= 0.3 is 0 Å². The van der Waals surface area contributed by atoms with E-state index < -0.39 is 0 Å². The van der Waals surface area contributed by atoms with Crippen molar-refractivity contribution in [1.29, 1.82) is 0 Å². The Morgan fingerprint density at radius 2 is 1.92 bits per heavy atom. The molecule has 2 atom stereocenters. The fraction of sp³-hybridized carbons (Fsp3) is 0.571. The monoisotopic (exact) mass is 322 g/mol. The Balaban J connectivity index is 1.37. The minimum atomic E-state index is 0.276. The number of rotatable bonds is 3. The van der Waals surface area contributed by atoms with Gasteiger partial charge in [0.1, 0.15) is 11.3 Å². The maximum Gasteiger partial charge on any atom is 0.141 e. The number of aromatic nitrogens is 1. The first-order valence-corrected chi connectivity index (χ1v) is 9.45. The predicted octanol–water partition coefficient (Wildman–Crippen LogP) is 4.24. The minimum absolute atomic E-state index is 0.276. The molecule has 24 heavy (non-hydrogen) atoms. The van der Waals surface area contributed by atoms with Gasteiger partial charge in [-0.05, 0) is 67.9 Å². The van der Waals surface area contributed by atoms with Crippen LogP contribution in [0.15, 0.2) is 30.3 Å². The van der Waals surface area contributed by atoms with Crippen molar-refractivity contribution >= 4 is 10.9 Å². The molecule has 1 aromatic heterocycles. The lowest BCUT2D eigenvalue weighted by atomic mass is 9.49. The first kappa shape index (κ1) is 14.7. The summed E-state index contributed by atoms with van der Waals surface area (Å²) in [6.07, 6.45) is 6.97. The molecule has 3 nitrogen and oxygen atoms in total. The van der Waals surface area contributed by atoms with E-state index in [1.807, 2.05) is 12.1 Å². The van der Waals surface area contributed by atoms with Crippen molar-refractivity contribution in [1.82, 2.24) is 10.3 Å². The first-order chi connectivity index (χ1) is 11.6. The molecule has 2 N–H and O–H groups in total. The van der Waals surface area contributed by atoms with Gasteiger partial charge in [-0.3, -0.25) is 0 Å². The highest BCUT2D eigenvalue weighted by atomic mass is 16.3. The molecule has 1 aromatic carbocycles. The number of hydrogen-bond acceptors (Lipinski definition) is 3. The number of phenolic OH excluding ortho intramolecular Hbond substituents is 1. The molecule has 4 fully saturated rings. The average molecular weight is 322 g/mol. The van der Waals surface area contributed by atoms with Gasteiger partial charge in [-0.15, -0.1) is 0 Å². The van der Waals surface area contributed by atoms with E-state index in [0.717, 1.165) is 46.8 Å². The number of nitrogens with one attached hydrogen (secondary N) is 1. The Morgan fingerprint density at radius 3 is 2.71 bits per heavy atom. The molecule has 0 spiro atoms. The number of pyridine rings is 1. The van der Waals surface area contributed by atoms with Crippen LogP contribution in [0.2, 0.25) is 0 Å². The SMILES string of the molecule is CC1C2CC3CC1CC(NCc1ccc4cccc(O)c4n1)(C3)C2. The molecule has 4 aliphatic carbocycles. The molecule has 2 unspecified atom stereocenters. The second-order valence-electron chi connectivity index (χ2n) is 8.61. The molecule has 4 aliphatic rings. The number of fused-ring (bicyclic) bond motifs is 1. The Morgan fingerprint density at radius 1 is 1.12 bits per heavy atom. The summed E-state index contributed by atoms with van der Waals surface area (Å²) in [6.45, 7) is 3.29. The number of para-hydroxylation sites is 1. The standard InChI is InChI=1S/C21H26N2O/c1-13-16-7-14-8-17(13)11-21(9-14,10-16)22-12-18-6-5-15-3-2-4-19(24)20(15)23-18/h2-6,13-14,16-17,22,24H,7-12H2,1H3. The Bertz CT molecular complexity index is 771. The molecule has 0 amide bonds. The highest BCUT2D eigenvalue weighted by Crippen LogP contribution is 2.58. The summed E-state index contributed by atoms with van der Waals surface area (Å²) in [4.78, 5) is 4.69. The lowest BCUT2D eigenvalue weighted by Crippen LogP contribution is -2.60. The molecule has 0 radical (unpaired) electrons. The molecule has 0 saturated heterocycles. The number of phenols is 1. The number of hydrogen-bond donors (Lipinski definition) is 2. The van der Waals surface area contributed by atoms with Crippen LogP contribution in [0.25, 0.3) is 10.9 Å². The maximum absolute atomic E-state index is 10.0. The molecule has 1 heterocycles. The van der Waals surface area contributed by atoms with Crippen LogP contribution in [0.3, 0.4) is 0 Å². The summed E-state index contributed by atoms with van der Waals surface area (Å²) in [7, 11) is 0. The van der Waals surface area contributed by atoms with E-state index in [0.29, 0.717) is 5.54 Å². The van der Waals surface area contributed by atoms with E-state index in [9.17, 15) is 5.11 Å². The summed E-state index contributed by atoms with van der Waals surface area (Å²) in [5, 5.41) is 14.9. The van der Waals surface area contributed by atoms with Crippen molar-refractivity contribution in [3.63, 3.8) is 0 Å². The summed E-state index contributed by atoms with van der Waals surface area (Å²) < 4.78 is 0. The molecule has 2 aromatic rings. The van der Waals surface area contributed by atoms with Crippen LogP contribution in [0, 0.1) is 23.7 Å². The van der Waals surface area contributed by atoms with Gasteiger partial charge in [0, 0.05) is 17.5 Å². The van der Waals surface area contributed by atoms with E-state index in [1.54, 1.807) is 6.07 Å². The molecule has 4 bridgehead atoms. The van der Waals surface area contributed by atoms with Crippen molar-refractivity contribution in [2.24, 2.45) is 23.7 Å². The second-order valence-corrected chi connectivity index (χ2v) is 8.61. The predicted molar refractivity (Wildman–Crippen MR) is 95.7 cm³/mol. The molecule has 3 heteroatoms. The van der Waals surface area contributed by atoms with Crippen LogP contribution in [-0.4, -0.2) is 15.6 Å². The zero-order valence-corrected chi connectivity index (χ0v) is 14.3. The summed E-state index contributed by atoms with van der Waals surface area (Å²) >= 11 is 0. The third-order valence-corrected chi connectivity index (χ3v) is 7.15. The molecular weight excluding hydrogens is 296 g/mol. The molecule has 6 rings (SSSR count). The largest absolute Gasteiger partial charge is 0.506 e. The number of benzene rings is 1. The quantitative estimate of drug-likeness (QED) is 0.888. The Labute approximate surface area is 143 Å². The van der Waals surface area contributed by atoms with E-state index in [-0.39, 0.29) is 5.75 Å². The van der Waals surface area contributed by atoms with Crippen LogP contribution in [0.4, 0.5) is 0 Å². The van der Waals surface area contributed by atoms with Crippen LogP contribution >= 0.6 is 0 Å². The van der Waals surface area contributed by atoms with Gasteiger partial charge in [0.25, 0.3) is 0 Å². The molecule has 4 saturated carbocycles. The van der Waals surface area contributed by atoms with E-state index >= 15 is 0 Å². The number of aromatic hydroxyl groups is 1. The van der Waals surface area contributed by atoms with E-state index in [1.165, 1.54) is 32.1 Å². The van der Waals surface area contributed by atoms with Crippen molar-refractivity contribution in [3.05, 3.63) is 36.0 Å². The highest BCUT2D eigenvalue weighted by molar-refractivity contribution is 5.84.